The summed E-state index contributed by atoms with van der Waals surface area (Å²) in [6.45, 7) is 10.1. The predicted molar refractivity (Wildman–Crippen MR) is 80.0 cm³/mol. The lowest BCUT2D eigenvalue weighted by Crippen LogP contribution is -2.25. The molecular weight excluding hydrogens is 240 g/mol. The van der Waals surface area contributed by atoms with Crippen LogP contribution >= 0.6 is 11.3 Å². The highest BCUT2D eigenvalue weighted by atomic mass is 32.1. The first-order chi connectivity index (χ1) is 8.69. The van der Waals surface area contributed by atoms with Gasteiger partial charge < -0.3 is 5.32 Å². The first-order valence-corrected chi connectivity index (χ1v) is 8.05. The van der Waals surface area contributed by atoms with E-state index in [9.17, 15) is 0 Å². The first-order valence-electron chi connectivity index (χ1n) is 7.24. The number of nitrogens with one attached hydrogen (secondary N) is 1. The van der Waals surface area contributed by atoms with Crippen LogP contribution in [0.3, 0.4) is 0 Å². The van der Waals surface area contributed by atoms with Crippen LogP contribution in [0.1, 0.15) is 49.8 Å². The van der Waals surface area contributed by atoms with Crippen LogP contribution in [0.2, 0.25) is 0 Å². The van der Waals surface area contributed by atoms with Crippen molar-refractivity contribution in [3.8, 4) is 0 Å². The molecule has 0 atom stereocenters. The zero-order valence-electron chi connectivity index (χ0n) is 11.9. The van der Waals surface area contributed by atoms with Gasteiger partial charge in [-0.15, -0.1) is 11.3 Å². The molecule has 1 aromatic heterocycles. The lowest BCUT2D eigenvalue weighted by atomic mass is 10.3. The average molecular weight is 266 g/mol. The first kappa shape index (κ1) is 14.0. The lowest BCUT2D eigenvalue weighted by molar-refractivity contribution is 0.257. The van der Waals surface area contributed by atoms with E-state index < -0.39 is 0 Å². The molecular formula is C15H26N2S. The summed E-state index contributed by atoms with van der Waals surface area (Å²) in [5.74, 6) is 0. The Labute approximate surface area is 115 Å². The van der Waals surface area contributed by atoms with E-state index in [0.717, 1.165) is 19.1 Å². The smallest absolute Gasteiger partial charge is 0.0330 e. The van der Waals surface area contributed by atoms with Crippen molar-refractivity contribution in [3.05, 3.63) is 21.9 Å². The van der Waals surface area contributed by atoms with Crippen LogP contribution in [0, 0.1) is 0 Å². The second-order valence-electron chi connectivity index (χ2n) is 5.61. The molecule has 0 aliphatic heterocycles. The molecule has 18 heavy (non-hydrogen) atoms. The maximum absolute atomic E-state index is 3.49. The standard InChI is InChI=1S/C15H26N2S/c1-4-9-17(13-5-6-13)11-15-8-7-14(18-15)10-16-12(2)3/h7-8,12-13,16H,4-6,9-11H2,1-3H3. The molecule has 0 bridgehead atoms. The third-order valence-corrected chi connectivity index (χ3v) is 4.40. The van der Waals surface area contributed by atoms with E-state index in [2.05, 4.69) is 43.1 Å². The summed E-state index contributed by atoms with van der Waals surface area (Å²) in [7, 11) is 0. The number of rotatable bonds is 8. The van der Waals surface area contributed by atoms with Gasteiger partial charge in [-0.3, -0.25) is 4.90 Å². The topological polar surface area (TPSA) is 15.3 Å². The summed E-state index contributed by atoms with van der Waals surface area (Å²) in [6.07, 6.45) is 4.09. The minimum Gasteiger partial charge on any atom is -0.310 e. The SMILES string of the molecule is CCCN(Cc1ccc(CNC(C)C)s1)C1CC1. The van der Waals surface area contributed by atoms with Gasteiger partial charge >= 0.3 is 0 Å². The van der Waals surface area contributed by atoms with E-state index in [1.807, 2.05) is 11.3 Å². The minimum absolute atomic E-state index is 0.568. The van der Waals surface area contributed by atoms with Crippen LogP contribution in [0.15, 0.2) is 12.1 Å². The van der Waals surface area contributed by atoms with Gasteiger partial charge in [-0.05, 0) is 37.9 Å². The molecule has 0 radical (unpaired) electrons. The minimum atomic E-state index is 0.568. The van der Waals surface area contributed by atoms with Crippen molar-refractivity contribution < 1.29 is 0 Å². The Morgan fingerprint density at radius 1 is 1.33 bits per heavy atom. The molecule has 1 saturated carbocycles. The molecule has 2 nitrogen and oxygen atoms in total. The second-order valence-corrected chi connectivity index (χ2v) is 6.86. The molecule has 0 saturated heterocycles. The largest absolute Gasteiger partial charge is 0.310 e. The van der Waals surface area contributed by atoms with Gasteiger partial charge in [0.15, 0.2) is 0 Å². The van der Waals surface area contributed by atoms with E-state index in [1.54, 1.807) is 0 Å². The van der Waals surface area contributed by atoms with Crippen LogP contribution < -0.4 is 5.32 Å². The Morgan fingerprint density at radius 2 is 2.06 bits per heavy atom. The molecule has 1 heterocycles. The molecule has 2 rings (SSSR count). The van der Waals surface area contributed by atoms with E-state index in [0.29, 0.717) is 6.04 Å². The maximum Gasteiger partial charge on any atom is 0.0330 e. The molecule has 1 aliphatic carbocycles. The molecule has 1 aliphatic rings. The van der Waals surface area contributed by atoms with Crippen LogP contribution in [0.4, 0.5) is 0 Å². The van der Waals surface area contributed by atoms with Gasteiger partial charge in [-0.2, -0.15) is 0 Å². The quantitative estimate of drug-likeness (QED) is 0.773. The van der Waals surface area contributed by atoms with E-state index in [1.165, 1.54) is 35.6 Å². The Kier molecular flexibility index (Phi) is 5.22. The van der Waals surface area contributed by atoms with Crippen LogP contribution in [0.25, 0.3) is 0 Å². The van der Waals surface area contributed by atoms with Crippen molar-refractivity contribution in [1.29, 1.82) is 0 Å². The third kappa shape index (κ3) is 4.38. The van der Waals surface area contributed by atoms with Crippen molar-refractivity contribution in [3.63, 3.8) is 0 Å². The van der Waals surface area contributed by atoms with Gasteiger partial charge in [0, 0.05) is 34.9 Å². The summed E-state index contributed by atoms with van der Waals surface area (Å²) in [5, 5.41) is 3.49. The van der Waals surface area contributed by atoms with Crippen molar-refractivity contribution in [2.75, 3.05) is 6.54 Å². The molecule has 0 amide bonds. The monoisotopic (exact) mass is 266 g/mol. The van der Waals surface area contributed by atoms with Gasteiger partial charge in [-0.25, -0.2) is 0 Å². The summed E-state index contributed by atoms with van der Waals surface area (Å²) in [4.78, 5) is 5.65. The fraction of sp³-hybridized carbons (Fsp3) is 0.733. The lowest BCUT2D eigenvalue weighted by Gasteiger charge is -2.20. The van der Waals surface area contributed by atoms with Gasteiger partial charge in [0.05, 0.1) is 0 Å². The predicted octanol–water partition coefficient (Wildman–Crippen LogP) is 3.62. The van der Waals surface area contributed by atoms with Crippen molar-refractivity contribution in [2.24, 2.45) is 0 Å². The Balaban J connectivity index is 1.84. The summed E-state index contributed by atoms with van der Waals surface area (Å²) < 4.78 is 0. The molecule has 1 N–H and O–H groups in total. The summed E-state index contributed by atoms with van der Waals surface area (Å²) in [6, 6.07) is 6.04. The fourth-order valence-electron chi connectivity index (χ4n) is 2.22. The molecule has 0 spiro atoms. The van der Waals surface area contributed by atoms with Gasteiger partial charge in [0.25, 0.3) is 0 Å². The maximum atomic E-state index is 3.49. The Bertz CT molecular complexity index is 355. The van der Waals surface area contributed by atoms with Crippen LogP contribution in [-0.4, -0.2) is 23.5 Å². The van der Waals surface area contributed by atoms with E-state index in [4.69, 9.17) is 0 Å². The third-order valence-electron chi connectivity index (χ3n) is 3.33. The van der Waals surface area contributed by atoms with E-state index >= 15 is 0 Å². The van der Waals surface area contributed by atoms with E-state index in [-0.39, 0.29) is 0 Å². The van der Waals surface area contributed by atoms with Crippen molar-refractivity contribution in [2.45, 2.75) is 65.2 Å². The fourth-order valence-corrected chi connectivity index (χ4v) is 3.22. The molecule has 102 valence electrons. The summed E-state index contributed by atoms with van der Waals surface area (Å²) >= 11 is 1.97. The molecule has 0 aromatic carbocycles. The zero-order chi connectivity index (χ0) is 13.0. The van der Waals surface area contributed by atoms with Gasteiger partial charge in [0.1, 0.15) is 0 Å². The zero-order valence-corrected chi connectivity index (χ0v) is 12.7. The van der Waals surface area contributed by atoms with Crippen LogP contribution in [0.5, 0.6) is 0 Å². The molecule has 0 unspecified atom stereocenters. The van der Waals surface area contributed by atoms with Crippen LogP contribution in [-0.2, 0) is 13.1 Å². The van der Waals surface area contributed by atoms with Gasteiger partial charge in [-0.1, -0.05) is 20.8 Å². The number of hydrogen-bond acceptors (Lipinski definition) is 3. The number of nitrogens with zero attached hydrogens (tertiary/aromatic N) is 1. The Hall–Kier alpha value is -0.380. The molecule has 3 heteroatoms. The summed E-state index contributed by atoms with van der Waals surface area (Å²) in [5.41, 5.74) is 0. The normalized spacial score (nSPS) is 15.8. The number of thiophene rings is 1. The Morgan fingerprint density at radius 3 is 2.67 bits per heavy atom. The highest BCUT2D eigenvalue weighted by Gasteiger charge is 2.28. The van der Waals surface area contributed by atoms with Gasteiger partial charge in [0.2, 0.25) is 0 Å². The van der Waals surface area contributed by atoms with Crippen molar-refractivity contribution >= 4 is 11.3 Å². The highest BCUT2D eigenvalue weighted by molar-refractivity contribution is 7.11. The highest BCUT2D eigenvalue weighted by Crippen LogP contribution is 2.29. The second kappa shape index (κ2) is 6.69. The average Bonchev–Trinajstić information content (AvgIpc) is 3.08. The molecule has 1 aromatic rings. The molecule has 1 fully saturated rings. The number of hydrogen-bond donors (Lipinski definition) is 1. The van der Waals surface area contributed by atoms with Crippen molar-refractivity contribution in [1.82, 2.24) is 10.2 Å².